The molecule has 32 heavy (non-hydrogen) atoms. The monoisotopic (exact) mass is 732 g/mol. The third kappa shape index (κ3) is 13.6. The molecule has 0 aliphatic carbocycles. The van der Waals surface area contributed by atoms with Crippen molar-refractivity contribution >= 4 is 72.9 Å². The number of hydrogen-bond acceptors (Lipinski definition) is 5. The van der Waals surface area contributed by atoms with Crippen molar-refractivity contribution in [3.05, 3.63) is 55.7 Å². The van der Waals surface area contributed by atoms with Crippen molar-refractivity contribution in [3.63, 3.8) is 0 Å². The number of benzene rings is 2. The van der Waals surface area contributed by atoms with Gasteiger partial charge in [0.15, 0.2) is 5.60 Å². The first-order valence-electron chi connectivity index (χ1n) is 10.0. The summed E-state index contributed by atoms with van der Waals surface area (Å²) in [6, 6.07) is 14.6. The van der Waals surface area contributed by atoms with Crippen molar-refractivity contribution < 1.29 is 24.2 Å². The lowest BCUT2D eigenvalue weighted by molar-refractivity contribution is -0.158. The highest BCUT2D eigenvalue weighted by Crippen LogP contribution is 2.21. The van der Waals surface area contributed by atoms with Gasteiger partial charge in [0.2, 0.25) is 0 Å². The summed E-state index contributed by atoms with van der Waals surface area (Å²) < 4.78 is 12.5. The van der Waals surface area contributed by atoms with E-state index in [4.69, 9.17) is 14.6 Å². The fourth-order valence-corrected chi connectivity index (χ4v) is 3.00. The molecule has 0 unspecified atom stereocenters. The van der Waals surface area contributed by atoms with Crippen LogP contribution in [0.3, 0.4) is 0 Å². The molecule has 5 nitrogen and oxygen atoms in total. The Bertz CT molecular complexity index is 808. The van der Waals surface area contributed by atoms with E-state index in [9.17, 15) is 9.59 Å². The molecule has 1 N–H and O–H groups in total. The number of phenolic OH excluding ortho intramolecular Hbond substituents is 1. The number of alkyl halides is 1. The number of rotatable bonds is 6. The third-order valence-corrected chi connectivity index (χ3v) is 5.65. The molecule has 0 heterocycles. The van der Waals surface area contributed by atoms with E-state index in [0.717, 1.165) is 7.14 Å². The summed E-state index contributed by atoms with van der Waals surface area (Å²) in [5, 5.41) is 8.75. The fourth-order valence-electron chi connectivity index (χ4n) is 2.01. The Morgan fingerprint density at radius 1 is 0.906 bits per heavy atom. The summed E-state index contributed by atoms with van der Waals surface area (Å²) in [6.45, 7) is 11.1. The Labute approximate surface area is 227 Å². The van der Waals surface area contributed by atoms with Gasteiger partial charge in [-0.05, 0) is 128 Å². The second-order valence-electron chi connectivity index (χ2n) is 7.51. The van der Waals surface area contributed by atoms with Gasteiger partial charge in [-0.2, -0.15) is 0 Å². The van der Waals surface area contributed by atoms with Gasteiger partial charge in [-0.3, -0.25) is 4.79 Å². The molecule has 0 saturated carbocycles. The number of ketones is 1. The van der Waals surface area contributed by atoms with Crippen LogP contribution in [-0.2, 0) is 14.3 Å². The number of carbonyl (C=O) groups excluding carboxylic acids is 2. The van der Waals surface area contributed by atoms with Crippen LogP contribution in [0.15, 0.2) is 48.5 Å². The number of Topliss-reactive ketones (excluding diaryl/α,β-unsaturated/α-hetero) is 1. The number of phenols is 1. The molecule has 2 rings (SSSR count). The molecule has 0 spiro atoms. The molecule has 2 aromatic rings. The van der Waals surface area contributed by atoms with E-state index in [1.807, 2.05) is 57.2 Å². The minimum Gasteiger partial charge on any atom is -0.508 e. The first kappa shape index (κ1) is 31.1. The highest BCUT2D eigenvalue weighted by molar-refractivity contribution is 14.1. The summed E-state index contributed by atoms with van der Waals surface area (Å²) in [7, 11) is 0. The minimum atomic E-state index is -0.956. The highest BCUT2D eigenvalue weighted by Gasteiger charge is 2.31. The average Bonchev–Trinajstić information content (AvgIpc) is 2.71. The highest BCUT2D eigenvalue weighted by atomic mass is 127. The van der Waals surface area contributed by atoms with E-state index in [2.05, 4.69) is 61.1 Å². The van der Waals surface area contributed by atoms with Gasteiger partial charge in [-0.1, -0.05) is 22.9 Å². The van der Waals surface area contributed by atoms with Gasteiger partial charge >= 0.3 is 5.97 Å². The smallest absolute Gasteiger partial charge is 0.349 e. The number of esters is 1. The lowest BCUT2D eigenvalue weighted by atomic mass is 10.1. The molecule has 0 fully saturated rings. The second kappa shape index (κ2) is 15.1. The topological polar surface area (TPSA) is 72.8 Å². The van der Waals surface area contributed by atoms with Gasteiger partial charge in [0.05, 0.1) is 10.9 Å². The van der Waals surface area contributed by atoms with Gasteiger partial charge in [-0.25, -0.2) is 4.79 Å². The van der Waals surface area contributed by atoms with E-state index in [-0.39, 0.29) is 16.1 Å². The first-order valence-corrected chi connectivity index (χ1v) is 13.0. The van der Waals surface area contributed by atoms with E-state index in [1.165, 1.54) is 0 Å². The molecule has 178 valence electrons. The maximum Gasteiger partial charge on any atom is 0.349 e. The number of aromatic hydroxyl groups is 1. The molecule has 2 aromatic carbocycles. The van der Waals surface area contributed by atoms with Gasteiger partial charge in [0, 0.05) is 13.6 Å². The Morgan fingerprint density at radius 2 is 1.34 bits per heavy atom. The Hall–Kier alpha value is -0.880. The van der Waals surface area contributed by atoms with Gasteiger partial charge in [-0.15, -0.1) is 0 Å². The molecule has 0 saturated heterocycles. The molecule has 0 aromatic heterocycles. The van der Waals surface area contributed by atoms with Crippen LogP contribution in [0.5, 0.6) is 11.5 Å². The molecule has 0 radical (unpaired) electrons. The zero-order valence-corrected chi connectivity index (χ0v) is 25.1. The average molecular weight is 733 g/mol. The molecule has 0 aliphatic heterocycles. The summed E-state index contributed by atoms with van der Waals surface area (Å²) in [5.74, 6) is 0.884. The van der Waals surface area contributed by atoms with Crippen molar-refractivity contribution in [1.29, 1.82) is 0 Å². The molecule has 8 heteroatoms. The summed E-state index contributed by atoms with van der Waals surface area (Å²) in [5.41, 5.74) is -0.956. The van der Waals surface area contributed by atoms with Gasteiger partial charge in [0.25, 0.3) is 0 Å². The van der Waals surface area contributed by atoms with Gasteiger partial charge in [0.1, 0.15) is 17.3 Å². The van der Waals surface area contributed by atoms with Crippen molar-refractivity contribution in [2.24, 2.45) is 0 Å². The summed E-state index contributed by atoms with van der Waals surface area (Å²) in [6.07, 6.45) is 0.609. The number of hydrogen-bond donors (Lipinski definition) is 1. The normalized spacial score (nSPS) is 10.7. The zero-order valence-electron chi connectivity index (χ0n) is 19.2. The zero-order chi connectivity index (χ0) is 24.9. The van der Waals surface area contributed by atoms with Crippen molar-refractivity contribution in [2.75, 3.05) is 6.61 Å². The molecule has 0 amide bonds. The maximum absolute atomic E-state index is 11.6. The van der Waals surface area contributed by atoms with Gasteiger partial charge < -0.3 is 14.6 Å². The lowest BCUT2D eigenvalue weighted by Crippen LogP contribution is -2.39. The molecule has 0 atom stereocenters. The Balaban J connectivity index is 0.000000504. The van der Waals surface area contributed by atoms with E-state index < -0.39 is 5.60 Å². The number of ether oxygens (including phenoxy) is 2. The van der Waals surface area contributed by atoms with E-state index in [1.54, 1.807) is 32.9 Å². The predicted octanol–water partition coefficient (Wildman–Crippen LogP) is 7.15. The lowest BCUT2D eigenvalue weighted by Gasteiger charge is -2.24. The summed E-state index contributed by atoms with van der Waals surface area (Å²) >= 11 is 7.65. The predicted molar refractivity (Wildman–Crippen MR) is 150 cm³/mol. The maximum atomic E-state index is 11.6. The molecular formula is C24H31BrI2O5. The van der Waals surface area contributed by atoms with Crippen molar-refractivity contribution in [2.45, 2.75) is 57.9 Å². The van der Waals surface area contributed by atoms with Crippen LogP contribution in [0.2, 0.25) is 0 Å². The first-order chi connectivity index (χ1) is 14.7. The van der Waals surface area contributed by atoms with Crippen molar-refractivity contribution in [3.8, 4) is 11.5 Å². The molecular weight excluding hydrogens is 702 g/mol. The quantitative estimate of drug-likeness (QED) is 0.194. The third-order valence-electron chi connectivity index (χ3n) is 3.76. The Morgan fingerprint density at radius 3 is 1.66 bits per heavy atom. The number of carbonyl (C=O) groups is 2. The SMILES string of the molecule is CCC(=O)C(C)(C)Br.CCOC(=O)C(C)(C)Oc1ccc(I)cc1.Oc1ccc(I)cc1. The number of halogens is 3. The van der Waals surface area contributed by atoms with Crippen LogP contribution in [0.1, 0.15) is 48.0 Å². The minimum absolute atomic E-state index is 0.248. The largest absolute Gasteiger partial charge is 0.508 e. The van der Waals surface area contributed by atoms with Crippen LogP contribution in [-0.4, -0.2) is 33.4 Å². The standard InChI is InChI=1S/C12H15IO3.C6H11BrO.C6H5IO/c1-4-15-11(14)12(2,3)16-10-7-5-9(13)6-8-10;1-4-5(8)6(2,3)7;7-5-1-3-6(8)4-2-5/h5-8H,4H2,1-3H3;4H2,1-3H3;1-4,8H. The van der Waals surface area contributed by atoms with E-state index in [0.29, 0.717) is 24.5 Å². The summed E-state index contributed by atoms with van der Waals surface area (Å²) in [4.78, 5) is 22.4. The van der Waals surface area contributed by atoms with Crippen molar-refractivity contribution in [1.82, 2.24) is 0 Å². The van der Waals surface area contributed by atoms with Crippen LogP contribution < -0.4 is 4.74 Å². The fraction of sp³-hybridized carbons (Fsp3) is 0.417. The van der Waals surface area contributed by atoms with E-state index >= 15 is 0 Å². The van der Waals surface area contributed by atoms with Crippen LogP contribution in [0.25, 0.3) is 0 Å². The van der Waals surface area contributed by atoms with Crippen LogP contribution in [0.4, 0.5) is 0 Å². The van der Waals surface area contributed by atoms with Crippen LogP contribution in [0, 0.1) is 7.14 Å². The Kier molecular flexibility index (Phi) is 14.7. The second-order valence-corrected chi connectivity index (χ2v) is 12.0. The molecule has 0 bridgehead atoms. The molecule has 0 aliphatic rings. The van der Waals surface area contributed by atoms with Crippen LogP contribution >= 0.6 is 61.1 Å².